The highest BCUT2D eigenvalue weighted by Crippen LogP contribution is 2.41. The fraction of sp³-hybridized carbons (Fsp3) is 0. The summed E-state index contributed by atoms with van der Waals surface area (Å²) < 4.78 is 1.67. The van der Waals surface area contributed by atoms with Crippen molar-refractivity contribution in [1.82, 2.24) is 9.38 Å². The zero-order chi connectivity index (χ0) is 28.8. The monoisotopic (exact) mass is 573 g/mol. The standard InChI is InChI=1S/C36H19N3O3S/c40-34-23-15-16-25-32-24(35(41)39(36(25)42)30-12-7-17-43-30)14-13-22(31(23)32)33-37-28-18-26(20-8-3-1-4-9-20)27(19-29(28)38(33)34)21-10-5-2-6-11-21/h1-19H. The van der Waals surface area contributed by atoms with Crippen LogP contribution in [0, 0.1) is 0 Å². The second kappa shape index (κ2) is 8.67. The van der Waals surface area contributed by atoms with Gasteiger partial charge in [-0.2, -0.15) is 0 Å². The van der Waals surface area contributed by atoms with E-state index in [-0.39, 0.29) is 5.56 Å². The third-order valence-electron chi connectivity index (χ3n) is 8.39. The van der Waals surface area contributed by atoms with Crippen molar-refractivity contribution in [2.45, 2.75) is 0 Å². The molecule has 7 heteroatoms. The van der Waals surface area contributed by atoms with Crippen molar-refractivity contribution in [3.05, 3.63) is 136 Å². The zero-order valence-electron chi connectivity index (χ0n) is 22.4. The number of carbonyl (C=O) groups excluding carboxylic acids is 2. The Morgan fingerprint density at radius 3 is 1.84 bits per heavy atom. The molecule has 0 saturated heterocycles. The summed E-state index contributed by atoms with van der Waals surface area (Å²) in [5.74, 6) is -0.787. The van der Waals surface area contributed by atoms with E-state index in [1.165, 1.54) is 16.2 Å². The highest BCUT2D eigenvalue weighted by atomic mass is 32.1. The molecule has 0 atom stereocenters. The molecule has 0 unspecified atom stereocenters. The molecule has 4 heterocycles. The average molecular weight is 574 g/mol. The lowest BCUT2D eigenvalue weighted by atomic mass is 9.90. The summed E-state index contributed by atoms with van der Waals surface area (Å²) in [4.78, 5) is 47.8. The average Bonchev–Trinajstić information content (AvgIpc) is 3.71. The van der Waals surface area contributed by atoms with Gasteiger partial charge in [-0.25, -0.2) is 9.88 Å². The molecule has 202 valence electrons. The second-order valence-corrected chi connectivity index (χ2v) is 11.6. The van der Waals surface area contributed by atoms with E-state index < -0.39 is 11.8 Å². The number of carbonyl (C=O) groups is 2. The summed E-state index contributed by atoms with van der Waals surface area (Å²) in [5.41, 5.74) is 6.56. The van der Waals surface area contributed by atoms with E-state index in [1.807, 2.05) is 66.0 Å². The number of pyridine rings is 1. The predicted octanol–water partition coefficient (Wildman–Crippen LogP) is 7.79. The van der Waals surface area contributed by atoms with Crippen molar-refractivity contribution < 1.29 is 9.59 Å². The maximum Gasteiger partial charge on any atom is 0.266 e. The Kier molecular flexibility index (Phi) is 4.84. The summed E-state index contributed by atoms with van der Waals surface area (Å²) in [5, 5.41) is 4.68. The highest BCUT2D eigenvalue weighted by Gasteiger charge is 2.36. The summed E-state index contributed by atoms with van der Waals surface area (Å²) >= 11 is 1.33. The molecule has 6 nitrogen and oxygen atoms in total. The lowest BCUT2D eigenvalue weighted by molar-refractivity contribution is 0.0894. The van der Waals surface area contributed by atoms with Gasteiger partial charge in [-0.1, -0.05) is 60.7 Å². The minimum Gasteiger partial charge on any atom is -0.268 e. The SMILES string of the molecule is O=C1c2ccc3c(=O)n4c5cc(-c6ccccc6)c(-c6ccccc6)cc5nc4c4ccc(c2c34)C(=O)N1c1cccs1. The van der Waals surface area contributed by atoms with Gasteiger partial charge in [-0.05, 0) is 76.2 Å². The first-order valence-corrected chi connectivity index (χ1v) is 14.7. The Hall–Kier alpha value is -5.66. The van der Waals surface area contributed by atoms with Gasteiger partial charge >= 0.3 is 0 Å². The highest BCUT2D eigenvalue weighted by molar-refractivity contribution is 7.14. The Morgan fingerprint density at radius 2 is 1.21 bits per heavy atom. The number of imidazole rings is 1. The number of hydrogen-bond acceptors (Lipinski definition) is 5. The van der Waals surface area contributed by atoms with Crippen molar-refractivity contribution in [2.24, 2.45) is 0 Å². The van der Waals surface area contributed by atoms with E-state index in [2.05, 4.69) is 24.3 Å². The van der Waals surface area contributed by atoms with Gasteiger partial charge < -0.3 is 0 Å². The summed E-state index contributed by atoms with van der Waals surface area (Å²) in [6.45, 7) is 0. The van der Waals surface area contributed by atoms with E-state index in [0.717, 1.165) is 27.6 Å². The van der Waals surface area contributed by atoms with Crippen LogP contribution in [0.1, 0.15) is 20.7 Å². The van der Waals surface area contributed by atoms with E-state index >= 15 is 0 Å². The molecule has 1 aliphatic heterocycles. The molecule has 0 N–H and O–H groups in total. The lowest BCUT2D eigenvalue weighted by Gasteiger charge is -2.26. The molecule has 0 spiro atoms. The fourth-order valence-electron chi connectivity index (χ4n) is 6.49. The van der Waals surface area contributed by atoms with Crippen LogP contribution >= 0.6 is 11.3 Å². The van der Waals surface area contributed by atoms with E-state index in [4.69, 9.17) is 4.98 Å². The third-order valence-corrected chi connectivity index (χ3v) is 9.25. The minimum absolute atomic E-state index is 0.235. The maximum absolute atomic E-state index is 14.3. The number of amides is 2. The normalized spacial score (nSPS) is 13.3. The van der Waals surface area contributed by atoms with Crippen LogP contribution in [-0.2, 0) is 0 Å². The van der Waals surface area contributed by atoms with Gasteiger partial charge in [0.05, 0.1) is 11.0 Å². The number of anilines is 1. The number of fused-ring (bicyclic) bond motifs is 4. The topological polar surface area (TPSA) is 71.7 Å². The summed E-state index contributed by atoms with van der Waals surface area (Å²) in [7, 11) is 0. The van der Waals surface area contributed by atoms with E-state index in [0.29, 0.717) is 49.0 Å². The maximum atomic E-state index is 14.3. The molecule has 0 radical (unpaired) electrons. The molecule has 0 bridgehead atoms. The van der Waals surface area contributed by atoms with Crippen LogP contribution in [0.2, 0.25) is 0 Å². The van der Waals surface area contributed by atoms with Gasteiger partial charge in [0.25, 0.3) is 17.4 Å². The number of imide groups is 1. The Labute approximate surface area is 248 Å². The van der Waals surface area contributed by atoms with Crippen LogP contribution in [0.3, 0.4) is 0 Å². The minimum atomic E-state index is -0.393. The van der Waals surface area contributed by atoms with Gasteiger partial charge in [0.2, 0.25) is 0 Å². The summed E-state index contributed by atoms with van der Waals surface area (Å²) in [6, 6.07) is 34.9. The van der Waals surface area contributed by atoms with Gasteiger partial charge in [0.1, 0.15) is 10.6 Å². The molecule has 3 aromatic heterocycles. The molecule has 0 aliphatic carbocycles. The first-order valence-electron chi connectivity index (χ1n) is 13.8. The van der Waals surface area contributed by atoms with Crippen LogP contribution in [-0.4, -0.2) is 21.2 Å². The van der Waals surface area contributed by atoms with Crippen molar-refractivity contribution in [3.8, 4) is 22.3 Å². The molecular formula is C36H19N3O3S. The second-order valence-electron chi connectivity index (χ2n) is 10.7. The zero-order valence-corrected chi connectivity index (χ0v) is 23.3. The molecule has 1 aliphatic rings. The van der Waals surface area contributed by atoms with Gasteiger partial charge in [-0.3, -0.25) is 18.8 Å². The van der Waals surface area contributed by atoms with Crippen LogP contribution in [0.4, 0.5) is 5.00 Å². The first kappa shape index (κ1) is 24.0. The van der Waals surface area contributed by atoms with Crippen molar-refractivity contribution >= 4 is 66.4 Å². The summed E-state index contributed by atoms with van der Waals surface area (Å²) in [6.07, 6.45) is 0. The number of thiophene rings is 1. The van der Waals surface area contributed by atoms with Gasteiger partial charge in [0, 0.05) is 32.7 Å². The number of nitrogens with zero attached hydrogens (tertiary/aromatic N) is 3. The van der Waals surface area contributed by atoms with E-state index in [9.17, 15) is 14.4 Å². The molecule has 9 rings (SSSR count). The Morgan fingerprint density at radius 1 is 0.581 bits per heavy atom. The van der Waals surface area contributed by atoms with Crippen molar-refractivity contribution in [1.29, 1.82) is 0 Å². The van der Waals surface area contributed by atoms with Gasteiger partial charge in [0.15, 0.2) is 0 Å². The number of hydrogen-bond donors (Lipinski definition) is 0. The van der Waals surface area contributed by atoms with Crippen LogP contribution in [0.15, 0.2) is 119 Å². The van der Waals surface area contributed by atoms with Crippen LogP contribution < -0.4 is 10.5 Å². The number of rotatable bonds is 3. The van der Waals surface area contributed by atoms with Crippen LogP contribution in [0.5, 0.6) is 0 Å². The third kappa shape index (κ3) is 3.22. The fourth-order valence-corrected chi connectivity index (χ4v) is 7.22. The Balaban J connectivity index is 1.38. The number of aromatic nitrogens is 2. The molecule has 2 amide bonds. The predicted molar refractivity (Wildman–Crippen MR) is 171 cm³/mol. The molecular weight excluding hydrogens is 554 g/mol. The first-order chi connectivity index (χ1) is 21.1. The van der Waals surface area contributed by atoms with Crippen molar-refractivity contribution in [3.63, 3.8) is 0 Å². The van der Waals surface area contributed by atoms with E-state index in [1.54, 1.807) is 28.7 Å². The smallest absolute Gasteiger partial charge is 0.266 e. The molecule has 8 aromatic rings. The molecule has 43 heavy (non-hydrogen) atoms. The molecule has 0 fully saturated rings. The largest absolute Gasteiger partial charge is 0.268 e. The molecule has 5 aromatic carbocycles. The van der Waals surface area contributed by atoms with Crippen LogP contribution in [0.25, 0.3) is 60.5 Å². The van der Waals surface area contributed by atoms with Crippen molar-refractivity contribution in [2.75, 3.05) is 4.90 Å². The number of benzene rings is 5. The Bertz CT molecular complexity index is 2480. The van der Waals surface area contributed by atoms with Gasteiger partial charge in [-0.15, -0.1) is 11.3 Å². The molecule has 0 saturated carbocycles. The lowest BCUT2D eigenvalue weighted by Crippen LogP contribution is -2.40. The quantitative estimate of drug-likeness (QED) is 0.202.